The van der Waals surface area contributed by atoms with Crippen LogP contribution in [0.5, 0.6) is 5.75 Å². The molecule has 0 unspecified atom stereocenters. The molecule has 3 heterocycles. The van der Waals surface area contributed by atoms with Crippen LogP contribution in [0.3, 0.4) is 0 Å². The summed E-state index contributed by atoms with van der Waals surface area (Å²) in [6.07, 6.45) is 3.51. The standard InChI is InChI=1S/C15H10BrN5OS/c16-11-6-10(7-17-8-11)14-20-21-13(18-19-15(21)23-14)9-22-12-4-2-1-3-5-12/h1-8H,9H2. The van der Waals surface area contributed by atoms with Gasteiger partial charge in [0.05, 0.1) is 0 Å². The molecule has 1 aromatic carbocycles. The summed E-state index contributed by atoms with van der Waals surface area (Å²) in [7, 11) is 0. The summed E-state index contributed by atoms with van der Waals surface area (Å²) < 4.78 is 8.34. The van der Waals surface area contributed by atoms with Crippen LogP contribution in [-0.2, 0) is 6.61 Å². The fraction of sp³-hybridized carbons (Fsp3) is 0.0667. The number of pyridine rings is 1. The van der Waals surface area contributed by atoms with Gasteiger partial charge in [-0.3, -0.25) is 4.98 Å². The van der Waals surface area contributed by atoms with Crippen molar-refractivity contribution in [1.29, 1.82) is 0 Å². The molecule has 6 nitrogen and oxygen atoms in total. The first-order valence-corrected chi connectivity index (χ1v) is 8.40. The maximum atomic E-state index is 5.71. The molecule has 23 heavy (non-hydrogen) atoms. The highest BCUT2D eigenvalue weighted by Gasteiger charge is 2.13. The van der Waals surface area contributed by atoms with Crippen molar-refractivity contribution >= 4 is 32.2 Å². The number of halogens is 1. The molecule has 4 rings (SSSR count). The summed E-state index contributed by atoms with van der Waals surface area (Å²) in [4.78, 5) is 4.89. The Balaban J connectivity index is 1.62. The SMILES string of the molecule is Brc1cncc(-c2nn3c(COc4ccccc4)nnc3s2)c1. The van der Waals surface area contributed by atoms with E-state index in [1.807, 2.05) is 36.4 Å². The van der Waals surface area contributed by atoms with Crippen molar-refractivity contribution in [3.05, 3.63) is 59.1 Å². The fourth-order valence-electron chi connectivity index (χ4n) is 2.06. The van der Waals surface area contributed by atoms with Crippen molar-refractivity contribution in [2.45, 2.75) is 6.61 Å². The van der Waals surface area contributed by atoms with E-state index < -0.39 is 0 Å². The zero-order chi connectivity index (χ0) is 15.6. The van der Waals surface area contributed by atoms with Crippen LogP contribution >= 0.6 is 27.3 Å². The number of hydrogen-bond donors (Lipinski definition) is 0. The largest absolute Gasteiger partial charge is 0.486 e. The number of nitrogens with zero attached hydrogens (tertiary/aromatic N) is 5. The molecule has 0 atom stereocenters. The number of hydrogen-bond acceptors (Lipinski definition) is 6. The first kappa shape index (κ1) is 14.3. The van der Waals surface area contributed by atoms with Crippen LogP contribution in [-0.4, -0.2) is 24.8 Å². The van der Waals surface area contributed by atoms with Crippen LogP contribution in [0.2, 0.25) is 0 Å². The van der Waals surface area contributed by atoms with E-state index in [9.17, 15) is 0 Å². The summed E-state index contributed by atoms with van der Waals surface area (Å²) in [6.45, 7) is 0.311. The van der Waals surface area contributed by atoms with Crippen molar-refractivity contribution in [3.8, 4) is 16.3 Å². The number of rotatable bonds is 4. The lowest BCUT2D eigenvalue weighted by Gasteiger charge is -2.02. The quantitative estimate of drug-likeness (QED) is 0.535. The molecule has 0 spiro atoms. The van der Waals surface area contributed by atoms with Crippen LogP contribution in [0.25, 0.3) is 15.5 Å². The number of aromatic nitrogens is 5. The summed E-state index contributed by atoms with van der Waals surface area (Å²) in [5.41, 5.74) is 0.935. The van der Waals surface area contributed by atoms with Crippen LogP contribution < -0.4 is 4.74 Å². The van der Waals surface area contributed by atoms with Crippen molar-refractivity contribution in [2.75, 3.05) is 0 Å². The summed E-state index contributed by atoms with van der Waals surface area (Å²) >= 11 is 4.88. The van der Waals surface area contributed by atoms with E-state index in [-0.39, 0.29) is 0 Å². The molecule has 0 aliphatic rings. The van der Waals surface area contributed by atoms with Gasteiger partial charge in [-0.05, 0) is 34.1 Å². The number of fused-ring (bicyclic) bond motifs is 1. The zero-order valence-electron chi connectivity index (χ0n) is 11.8. The highest BCUT2D eigenvalue weighted by molar-refractivity contribution is 9.10. The molecule has 114 valence electrons. The zero-order valence-corrected chi connectivity index (χ0v) is 14.2. The van der Waals surface area contributed by atoms with Gasteiger partial charge in [0, 0.05) is 22.4 Å². The number of benzene rings is 1. The van der Waals surface area contributed by atoms with Gasteiger partial charge >= 0.3 is 0 Å². The Hall–Kier alpha value is -2.32. The van der Waals surface area contributed by atoms with E-state index in [1.165, 1.54) is 11.3 Å². The monoisotopic (exact) mass is 387 g/mol. The lowest BCUT2D eigenvalue weighted by atomic mass is 10.3. The topological polar surface area (TPSA) is 65.2 Å². The maximum absolute atomic E-state index is 5.71. The van der Waals surface area contributed by atoms with Crippen molar-refractivity contribution in [1.82, 2.24) is 24.8 Å². The van der Waals surface area contributed by atoms with Crippen LogP contribution in [0.15, 0.2) is 53.3 Å². The second-order valence-electron chi connectivity index (χ2n) is 4.71. The summed E-state index contributed by atoms with van der Waals surface area (Å²) in [5.74, 6) is 1.45. The third-order valence-electron chi connectivity index (χ3n) is 3.12. The maximum Gasteiger partial charge on any atom is 0.235 e. The van der Waals surface area contributed by atoms with Gasteiger partial charge in [-0.15, -0.1) is 10.2 Å². The molecule has 8 heteroatoms. The molecular weight excluding hydrogens is 378 g/mol. The Morgan fingerprint density at radius 2 is 2.00 bits per heavy atom. The minimum Gasteiger partial charge on any atom is -0.486 e. The van der Waals surface area contributed by atoms with Gasteiger partial charge in [0.1, 0.15) is 17.4 Å². The Kier molecular flexibility index (Phi) is 3.76. The van der Waals surface area contributed by atoms with Gasteiger partial charge in [-0.2, -0.15) is 9.61 Å². The van der Waals surface area contributed by atoms with E-state index in [2.05, 4.69) is 36.2 Å². The van der Waals surface area contributed by atoms with Crippen LogP contribution in [0.4, 0.5) is 0 Å². The molecular formula is C15H10BrN5OS. The lowest BCUT2D eigenvalue weighted by molar-refractivity contribution is 0.293. The molecule has 0 amide bonds. The Morgan fingerprint density at radius 3 is 2.83 bits per heavy atom. The molecule has 0 saturated carbocycles. The average Bonchev–Trinajstić information content (AvgIpc) is 3.15. The summed E-state index contributed by atoms with van der Waals surface area (Å²) in [5, 5.41) is 13.7. The average molecular weight is 388 g/mol. The normalized spacial score (nSPS) is 11.0. The molecule has 0 aliphatic heterocycles. The van der Waals surface area contributed by atoms with Crippen molar-refractivity contribution < 1.29 is 4.74 Å². The predicted molar refractivity (Wildman–Crippen MR) is 90.4 cm³/mol. The second-order valence-corrected chi connectivity index (χ2v) is 6.58. The minimum atomic E-state index is 0.311. The number of para-hydroxylation sites is 1. The molecule has 0 saturated heterocycles. The van der Waals surface area contributed by atoms with E-state index in [4.69, 9.17) is 4.74 Å². The first-order chi connectivity index (χ1) is 11.3. The van der Waals surface area contributed by atoms with Crippen LogP contribution in [0, 0.1) is 0 Å². The predicted octanol–water partition coefficient (Wildman–Crippen LogP) is 3.59. The molecule has 4 aromatic rings. The minimum absolute atomic E-state index is 0.311. The number of ether oxygens (including phenoxy) is 1. The smallest absolute Gasteiger partial charge is 0.235 e. The highest BCUT2D eigenvalue weighted by Crippen LogP contribution is 2.26. The molecule has 0 fully saturated rings. The molecule has 0 radical (unpaired) electrons. The molecule has 0 N–H and O–H groups in total. The third-order valence-corrected chi connectivity index (χ3v) is 4.50. The summed E-state index contributed by atoms with van der Waals surface area (Å²) in [6, 6.07) is 11.6. The van der Waals surface area contributed by atoms with Crippen molar-refractivity contribution in [2.24, 2.45) is 0 Å². The van der Waals surface area contributed by atoms with E-state index in [0.717, 1.165) is 25.8 Å². The van der Waals surface area contributed by atoms with Gasteiger partial charge in [0.15, 0.2) is 5.82 Å². The third kappa shape index (κ3) is 2.95. The van der Waals surface area contributed by atoms with Gasteiger partial charge in [-0.25, -0.2) is 0 Å². The molecule has 3 aromatic heterocycles. The molecule has 0 bridgehead atoms. The van der Waals surface area contributed by atoms with E-state index in [0.29, 0.717) is 12.4 Å². The highest BCUT2D eigenvalue weighted by atomic mass is 79.9. The lowest BCUT2D eigenvalue weighted by Crippen LogP contribution is -2.02. The van der Waals surface area contributed by atoms with Gasteiger partial charge < -0.3 is 4.74 Å². The fourth-order valence-corrected chi connectivity index (χ4v) is 3.26. The first-order valence-electron chi connectivity index (χ1n) is 6.79. The van der Waals surface area contributed by atoms with Crippen LogP contribution in [0.1, 0.15) is 5.82 Å². The molecule has 0 aliphatic carbocycles. The van der Waals surface area contributed by atoms with Gasteiger partial charge in [0.2, 0.25) is 4.96 Å². The second kappa shape index (κ2) is 6.05. The Morgan fingerprint density at radius 1 is 1.13 bits per heavy atom. The van der Waals surface area contributed by atoms with Gasteiger partial charge in [0.25, 0.3) is 0 Å². The Labute approximate surface area is 143 Å². The van der Waals surface area contributed by atoms with E-state index in [1.54, 1.807) is 16.9 Å². The van der Waals surface area contributed by atoms with E-state index >= 15 is 0 Å². The van der Waals surface area contributed by atoms with Gasteiger partial charge in [-0.1, -0.05) is 29.5 Å². The van der Waals surface area contributed by atoms with Crippen molar-refractivity contribution in [3.63, 3.8) is 0 Å². The Bertz CT molecular complexity index is 953.